The first kappa shape index (κ1) is 10.6. The molecule has 1 fully saturated rings. The largest absolute Gasteiger partial charge is 0.466 e. The summed E-state index contributed by atoms with van der Waals surface area (Å²) in [5.74, 6) is -0.310. The van der Waals surface area contributed by atoms with Crippen molar-refractivity contribution in [3.05, 3.63) is 11.6 Å². The fourth-order valence-corrected chi connectivity index (χ4v) is 1.76. The smallest absolute Gasteiger partial charge is 0.333 e. The quantitative estimate of drug-likeness (QED) is 0.381. The number of hydrogen-bond acceptors (Lipinski definition) is 5. The molecule has 0 aromatic rings. The Kier molecular flexibility index (Phi) is 3.04. The van der Waals surface area contributed by atoms with E-state index in [1.54, 1.807) is 7.11 Å². The topological polar surface area (TPSA) is 57.3 Å². The van der Waals surface area contributed by atoms with E-state index in [-0.39, 0.29) is 31.1 Å². The van der Waals surface area contributed by atoms with Crippen molar-refractivity contribution >= 4 is 5.97 Å². The third-order valence-corrected chi connectivity index (χ3v) is 2.56. The van der Waals surface area contributed by atoms with E-state index in [1.165, 1.54) is 7.11 Å². The van der Waals surface area contributed by atoms with Crippen molar-refractivity contribution < 1.29 is 23.7 Å². The van der Waals surface area contributed by atoms with Crippen molar-refractivity contribution in [2.45, 2.75) is 24.7 Å². The van der Waals surface area contributed by atoms with Gasteiger partial charge in [0, 0.05) is 19.1 Å². The van der Waals surface area contributed by atoms with Crippen LogP contribution in [-0.4, -0.2) is 45.3 Å². The number of epoxide rings is 1. The molecule has 0 saturated carbocycles. The molecule has 3 unspecified atom stereocenters. The fourth-order valence-electron chi connectivity index (χ4n) is 1.76. The van der Waals surface area contributed by atoms with E-state index in [9.17, 15) is 4.79 Å². The van der Waals surface area contributed by atoms with Gasteiger partial charge in [0.15, 0.2) is 0 Å². The second-order valence-corrected chi connectivity index (χ2v) is 3.56. The van der Waals surface area contributed by atoms with Crippen LogP contribution < -0.4 is 0 Å². The van der Waals surface area contributed by atoms with Gasteiger partial charge >= 0.3 is 5.97 Å². The molecule has 0 N–H and O–H groups in total. The molecule has 2 aliphatic rings. The van der Waals surface area contributed by atoms with E-state index in [1.807, 2.05) is 6.08 Å². The average molecular weight is 214 g/mol. The number of ether oxygens (including phenoxy) is 4. The van der Waals surface area contributed by atoms with Gasteiger partial charge in [-0.25, -0.2) is 4.79 Å². The number of rotatable bonds is 4. The summed E-state index contributed by atoms with van der Waals surface area (Å²) in [6.07, 6.45) is 2.32. The van der Waals surface area contributed by atoms with Crippen molar-refractivity contribution in [2.75, 3.05) is 21.0 Å². The summed E-state index contributed by atoms with van der Waals surface area (Å²) >= 11 is 0. The third-order valence-electron chi connectivity index (χ3n) is 2.56. The number of methoxy groups -OCH3 is 2. The first-order valence-electron chi connectivity index (χ1n) is 4.81. The summed E-state index contributed by atoms with van der Waals surface area (Å²) in [4.78, 5) is 11.3. The Morgan fingerprint density at radius 2 is 2.40 bits per heavy atom. The van der Waals surface area contributed by atoms with Crippen LogP contribution in [0.1, 0.15) is 6.42 Å². The minimum atomic E-state index is -0.310. The Hall–Kier alpha value is -0.910. The van der Waals surface area contributed by atoms with E-state index < -0.39 is 0 Å². The first-order chi connectivity index (χ1) is 7.26. The minimum absolute atomic E-state index is 0.00899. The molecular weight excluding hydrogens is 200 g/mol. The number of hydrogen-bond donors (Lipinski definition) is 0. The Labute approximate surface area is 87.9 Å². The molecule has 0 aromatic heterocycles. The molecule has 15 heavy (non-hydrogen) atoms. The van der Waals surface area contributed by atoms with Gasteiger partial charge in [-0.15, -0.1) is 0 Å². The molecule has 1 saturated heterocycles. The van der Waals surface area contributed by atoms with Crippen LogP contribution in [0.5, 0.6) is 0 Å². The second kappa shape index (κ2) is 4.30. The summed E-state index contributed by atoms with van der Waals surface area (Å²) < 4.78 is 20.2. The molecule has 0 aromatic carbocycles. The van der Waals surface area contributed by atoms with Gasteiger partial charge < -0.3 is 18.9 Å². The Morgan fingerprint density at radius 1 is 1.60 bits per heavy atom. The van der Waals surface area contributed by atoms with Gasteiger partial charge in [-0.05, 0) is 6.08 Å². The van der Waals surface area contributed by atoms with Gasteiger partial charge in [-0.3, -0.25) is 0 Å². The summed E-state index contributed by atoms with van der Waals surface area (Å²) in [6.45, 7) is 0.214. The van der Waals surface area contributed by atoms with Crippen LogP contribution >= 0.6 is 0 Å². The lowest BCUT2D eigenvalue weighted by Gasteiger charge is -2.18. The highest BCUT2D eigenvalue weighted by Crippen LogP contribution is 2.37. The molecule has 0 bridgehead atoms. The second-order valence-electron chi connectivity index (χ2n) is 3.56. The predicted octanol–water partition coefficient (Wildman–Crippen LogP) is 0.246. The zero-order valence-corrected chi connectivity index (χ0v) is 8.76. The normalized spacial score (nSPS) is 32.9. The molecule has 84 valence electrons. The van der Waals surface area contributed by atoms with Crippen LogP contribution in [0.3, 0.4) is 0 Å². The van der Waals surface area contributed by atoms with E-state index >= 15 is 0 Å². The van der Waals surface area contributed by atoms with E-state index in [0.29, 0.717) is 12.0 Å². The van der Waals surface area contributed by atoms with Crippen LogP contribution in [0, 0.1) is 0 Å². The lowest BCUT2D eigenvalue weighted by Crippen LogP contribution is -2.28. The fraction of sp³-hybridized carbons (Fsp3) is 0.700. The van der Waals surface area contributed by atoms with Crippen molar-refractivity contribution in [2.24, 2.45) is 0 Å². The molecule has 0 spiro atoms. The summed E-state index contributed by atoms with van der Waals surface area (Å²) in [7, 11) is 2.93. The highest BCUT2D eigenvalue weighted by molar-refractivity contribution is 5.89. The van der Waals surface area contributed by atoms with Crippen LogP contribution in [0.15, 0.2) is 11.6 Å². The van der Waals surface area contributed by atoms with Crippen molar-refractivity contribution in [1.82, 2.24) is 0 Å². The van der Waals surface area contributed by atoms with Gasteiger partial charge in [0.2, 0.25) is 0 Å². The summed E-state index contributed by atoms with van der Waals surface area (Å²) in [5.41, 5.74) is 0.623. The van der Waals surface area contributed by atoms with Crippen LogP contribution in [-0.2, 0) is 23.7 Å². The van der Waals surface area contributed by atoms with Gasteiger partial charge in [0.25, 0.3) is 0 Å². The lowest BCUT2D eigenvalue weighted by molar-refractivity contribution is -0.137. The van der Waals surface area contributed by atoms with Crippen molar-refractivity contribution in [3.8, 4) is 0 Å². The molecule has 1 aliphatic carbocycles. The van der Waals surface area contributed by atoms with Gasteiger partial charge in [-0.1, -0.05) is 0 Å². The van der Waals surface area contributed by atoms with E-state index in [4.69, 9.17) is 14.2 Å². The standard InChI is InChI=1S/C10H14O5/c1-12-5-14-7-3-6(10(11)13-2)4-8-9(7)15-8/h4,7-9H,3,5H2,1-2H3. The zero-order valence-electron chi connectivity index (χ0n) is 8.76. The monoisotopic (exact) mass is 214 g/mol. The van der Waals surface area contributed by atoms with E-state index in [0.717, 1.165) is 0 Å². The van der Waals surface area contributed by atoms with Gasteiger partial charge in [0.1, 0.15) is 19.0 Å². The number of esters is 1. The van der Waals surface area contributed by atoms with E-state index in [2.05, 4.69) is 4.74 Å². The SMILES string of the molecule is COCOC1CC(C(=O)OC)=CC2OC21. The number of carbonyl (C=O) groups is 1. The van der Waals surface area contributed by atoms with Crippen LogP contribution in [0.25, 0.3) is 0 Å². The number of carbonyl (C=O) groups excluding carboxylic acids is 1. The number of fused-ring (bicyclic) bond motifs is 1. The highest BCUT2D eigenvalue weighted by atomic mass is 16.7. The van der Waals surface area contributed by atoms with Crippen LogP contribution in [0.2, 0.25) is 0 Å². The summed E-state index contributed by atoms with van der Waals surface area (Å²) in [6, 6.07) is 0. The Morgan fingerprint density at radius 3 is 3.07 bits per heavy atom. The average Bonchev–Trinajstić information content (AvgIpc) is 3.03. The molecular formula is C10H14O5. The highest BCUT2D eigenvalue weighted by Gasteiger charge is 2.48. The third kappa shape index (κ3) is 2.19. The Bertz CT molecular complexity index is 286. The maximum atomic E-state index is 11.3. The molecule has 1 heterocycles. The minimum Gasteiger partial charge on any atom is -0.466 e. The molecule has 5 nitrogen and oxygen atoms in total. The zero-order chi connectivity index (χ0) is 10.8. The molecule has 3 atom stereocenters. The van der Waals surface area contributed by atoms with Crippen LogP contribution in [0.4, 0.5) is 0 Å². The molecule has 2 rings (SSSR count). The first-order valence-corrected chi connectivity index (χ1v) is 4.81. The molecule has 5 heteroatoms. The van der Waals surface area contributed by atoms with Crippen molar-refractivity contribution in [1.29, 1.82) is 0 Å². The predicted molar refractivity (Wildman–Crippen MR) is 50.1 cm³/mol. The van der Waals surface area contributed by atoms with Gasteiger partial charge in [-0.2, -0.15) is 0 Å². The van der Waals surface area contributed by atoms with Gasteiger partial charge in [0.05, 0.1) is 13.2 Å². The lowest BCUT2D eigenvalue weighted by atomic mass is 9.97. The Balaban J connectivity index is 1.96. The summed E-state index contributed by atoms with van der Waals surface area (Å²) in [5, 5.41) is 0. The maximum Gasteiger partial charge on any atom is 0.333 e. The molecule has 1 aliphatic heterocycles. The molecule has 0 radical (unpaired) electrons. The maximum absolute atomic E-state index is 11.3. The van der Waals surface area contributed by atoms with Crippen molar-refractivity contribution in [3.63, 3.8) is 0 Å². The molecule has 0 amide bonds.